The average Bonchev–Trinajstić information content (AvgIpc) is 3.20. The van der Waals surface area contributed by atoms with Crippen LogP contribution in [0.5, 0.6) is 5.75 Å². The molecule has 4 rings (SSSR count). The molecule has 7 nitrogen and oxygen atoms in total. The third-order valence-electron chi connectivity index (χ3n) is 5.18. The van der Waals surface area contributed by atoms with Gasteiger partial charge in [-0.3, -0.25) is 4.79 Å². The van der Waals surface area contributed by atoms with Gasteiger partial charge in [-0.25, -0.2) is 9.59 Å². The Morgan fingerprint density at radius 2 is 1.94 bits per heavy atom. The van der Waals surface area contributed by atoms with Gasteiger partial charge < -0.3 is 19.2 Å². The standard InChI is InChI=1S/C25H23NO6S/c1-3-30-25(29)20(11-16-14-33-22-7-5-4-6-19(16)22)26-23(27)13-31-17-8-9-18-15(2)10-24(28)32-21(18)12-17/h4-10,12,14,20H,3,11,13H2,1-2H3,(H,26,27)/t20-/m0/s1. The summed E-state index contributed by atoms with van der Waals surface area (Å²) in [5.41, 5.74) is 1.69. The summed E-state index contributed by atoms with van der Waals surface area (Å²) in [6.07, 6.45) is 0.314. The molecule has 0 bridgehead atoms. The third-order valence-corrected chi connectivity index (χ3v) is 6.20. The molecule has 0 spiro atoms. The van der Waals surface area contributed by atoms with Crippen LogP contribution >= 0.6 is 11.3 Å². The molecule has 0 aliphatic rings. The molecule has 0 saturated carbocycles. The summed E-state index contributed by atoms with van der Waals surface area (Å²) in [5.74, 6) is -0.578. The van der Waals surface area contributed by atoms with Crippen LogP contribution in [-0.2, 0) is 20.7 Å². The zero-order valence-corrected chi connectivity index (χ0v) is 19.1. The summed E-state index contributed by atoms with van der Waals surface area (Å²) < 4.78 is 17.1. The van der Waals surface area contributed by atoms with Crippen LogP contribution in [-0.4, -0.2) is 31.1 Å². The SMILES string of the molecule is CCOC(=O)[C@H](Cc1csc2ccccc12)NC(=O)COc1ccc2c(C)cc(=O)oc2c1. The van der Waals surface area contributed by atoms with Gasteiger partial charge in [-0.2, -0.15) is 0 Å². The molecule has 0 unspecified atom stereocenters. The Bertz CT molecular complexity index is 1370. The van der Waals surface area contributed by atoms with E-state index in [9.17, 15) is 14.4 Å². The van der Waals surface area contributed by atoms with Gasteiger partial charge in [0.2, 0.25) is 0 Å². The number of amides is 1. The largest absolute Gasteiger partial charge is 0.484 e. The van der Waals surface area contributed by atoms with E-state index in [0.717, 1.165) is 26.6 Å². The maximum Gasteiger partial charge on any atom is 0.336 e. The highest BCUT2D eigenvalue weighted by molar-refractivity contribution is 7.17. The number of hydrogen-bond donors (Lipinski definition) is 1. The van der Waals surface area contributed by atoms with Crippen molar-refractivity contribution < 1.29 is 23.5 Å². The van der Waals surface area contributed by atoms with Gasteiger partial charge in [-0.15, -0.1) is 11.3 Å². The van der Waals surface area contributed by atoms with Crippen molar-refractivity contribution in [3.63, 3.8) is 0 Å². The number of ether oxygens (including phenoxy) is 2. The number of nitrogens with one attached hydrogen (secondary N) is 1. The van der Waals surface area contributed by atoms with Gasteiger partial charge in [0, 0.05) is 28.6 Å². The Morgan fingerprint density at radius 1 is 1.12 bits per heavy atom. The Balaban J connectivity index is 1.45. The smallest absolute Gasteiger partial charge is 0.336 e. The van der Waals surface area contributed by atoms with Crippen LogP contribution in [0.25, 0.3) is 21.1 Å². The second kappa shape index (κ2) is 9.87. The molecule has 0 aliphatic carbocycles. The lowest BCUT2D eigenvalue weighted by Gasteiger charge is -2.17. The van der Waals surface area contributed by atoms with Crippen molar-refractivity contribution >= 4 is 44.3 Å². The minimum absolute atomic E-state index is 0.216. The first kappa shape index (κ1) is 22.5. The molecule has 4 aromatic rings. The van der Waals surface area contributed by atoms with E-state index < -0.39 is 23.5 Å². The lowest BCUT2D eigenvalue weighted by Crippen LogP contribution is -2.45. The van der Waals surface area contributed by atoms with Crippen LogP contribution in [0.3, 0.4) is 0 Å². The topological polar surface area (TPSA) is 94.8 Å². The molecule has 2 heterocycles. The van der Waals surface area contributed by atoms with Crippen molar-refractivity contribution in [2.75, 3.05) is 13.2 Å². The highest BCUT2D eigenvalue weighted by atomic mass is 32.1. The van der Waals surface area contributed by atoms with Gasteiger partial charge in [0.25, 0.3) is 5.91 Å². The van der Waals surface area contributed by atoms with Gasteiger partial charge in [-0.05, 0) is 53.9 Å². The number of hydrogen-bond acceptors (Lipinski definition) is 7. The third kappa shape index (κ3) is 5.23. The van der Waals surface area contributed by atoms with E-state index in [2.05, 4.69) is 5.32 Å². The highest BCUT2D eigenvalue weighted by Crippen LogP contribution is 2.27. The summed E-state index contributed by atoms with van der Waals surface area (Å²) in [6.45, 7) is 3.45. The predicted molar refractivity (Wildman–Crippen MR) is 127 cm³/mol. The monoisotopic (exact) mass is 465 g/mol. The molecule has 0 radical (unpaired) electrons. The van der Waals surface area contributed by atoms with Crippen molar-refractivity contribution in [1.82, 2.24) is 5.32 Å². The number of benzene rings is 2. The highest BCUT2D eigenvalue weighted by Gasteiger charge is 2.24. The molecule has 0 fully saturated rings. The maximum absolute atomic E-state index is 12.6. The molecule has 8 heteroatoms. The zero-order valence-electron chi connectivity index (χ0n) is 18.3. The Kier molecular flexibility index (Phi) is 6.74. The van der Waals surface area contributed by atoms with Crippen LogP contribution < -0.4 is 15.7 Å². The summed E-state index contributed by atoms with van der Waals surface area (Å²) >= 11 is 1.59. The minimum atomic E-state index is -0.837. The molecule has 1 N–H and O–H groups in total. The Labute approximate surface area is 193 Å². The lowest BCUT2D eigenvalue weighted by atomic mass is 10.0. The van der Waals surface area contributed by atoms with E-state index in [4.69, 9.17) is 13.9 Å². The van der Waals surface area contributed by atoms with E-state index in [1.165, 1.54) is 6.07 Å². The summed E-state index contributed by atoms with van der Waals surface area (Å²) in [4.78, 5) is 36.7. The number of aryl methyl sites for hydroxylation is 1. The summed E-state index contributed by atoms with van der Waals surface area (Å²) in [6, 6.07) is 13.5. The molecular weight excluding hydrogens is 442 g/mol. The molecule has 170 valence electrons. The van der Waals surface area contributed by atoms with Crippen LogP contribution in [0, 0.1) is 6.92 Å². The van der Waals surface area contributed by atoms with Gasteiger partial charge in [0.15, 0.2) is 6.61 Å². The normalized spacial score (nSPS) is 11.9. The molecular formula is C25H23NO6S. The van der Waals surface area contributed by atoms with E-state index in [1.807, 2.05) is 36.6 Å². The Morgan fingerprint density at radius 3 is 2.76 bits per heavy atom. The fraction of sp³-hybridized carbons (Fsp3) is 0.240. The number of carbonyl (C=O) groups excluding carboxylic acids is 2. The Hall–Kier alpha value is -3.65. The molecule has 33 heavy (non-hydrogen) atoms. The maximum atomic E-state index is 12.6. The average molecular weight is 466 g/mol. The fourth-order valence-corrected chi connectivity index (χ4v) is 4.60. The summed E-state index contributed by atoms with van der Waals surface area (Å²) in [7, 11) is 0. The number of thiophene rings is 1. The van der Waals surface area contributed by atoms with E-state index in [-0.39, 0.29) is 13.2 Å². The van der Waals surface area contributed by atoms with Gasteiger partial charge in [-0.1, -0.05) is 18.2 Å². The fourth-order valence-electron chi connectivity index (χ4n) is 3.63. The molecule has 1 atom stereocenters. The number of fused-ring (bicyclic) bond motifs is 2. The number of rotatable bonds is 8. The first-order valence-corrected chi connectivity index (χ1v) is 11.4. The molecule has 2 aromatic carbocycles. The zero-order chi connectivity index (χ0) is 23.4. The quantitative estimate of drug-likeness (QED) is 0.312. The van der Waals surface area contributed by atoms with Crippen molar-refractivity contribution in [2.24, 2.45) is 0 Å². The lowest BCUT2D eigenvalue weighted by molar-refractivity contribution is -0.147. The summed E-state index contributed by atoms with van der Waals surface area (Å²) in [5, 5.41) is 6.55. The molecule has 2 aromatic heterocycles. The van der Waals surface area contributed by atoms with Crippen molar-refractivity contribution in [3.8, 4) is 5.75 Å². The van der Waals surface area contributed by atoms with Crippen LogP contribution in [0.1, 0.15) is 18.1 Å². The second-order valence-corrected chi connectivity index (χ2v) is 8.44. The van der Waals surface area contributed by atoms with Crippen molar-refractivity contribution in [1.29, 1.82) is 0 Å². The van der Waals surface area contributed by atoms with Crippen molar-refractivity contribution in [2.45, 2.75) is 26.3 Å². The minimum Gasteiger partial charge on any atom is -0.484 e. The van der Waals surface area contributed by atoms with Gasteiger partial charge in [0.05, 0.1) is 6.61 Å². The van der Waals surface area contributed by atoms with Crippen LogP contribution in [0.2, 0.25) is 0 Å². The van der Waals surface area contributed by atoms with E-state index in [1.54, 1.807) is 36.5 Å². The first-order chi connectivity index (χ1) is 15.9. The van der Waals surface area contributed by atoms with Crippen molar-refractivity contribution in [3.05, 3.63) is 75.5 Å². The molecule has 0 aliphatic heterocycles. The predicted octanol–water partition coefficient (Wildman–Crippen LogP) is 3.99. The number of esters is 1. The number of carbonyl (C=O) groups is 2. The van der Waals surface area contributed by atoms with E-state index >= 15 is 0 Å². The first-order valence-electron chi connectivity index (χ1n) is 10.5. The molecule has 1 amide bonds. The second-order valence-electron chi connectivity index (χ2n) is 7.53. The molecule has 0 saturated heterocycles. The van der Waals surface area contributed by atoms with Gasteiger partial charge in [0.1, 0.15) is 17.4 Å². The van der Waals surface area contributed by atoms with Gasteiger partial charge >= 0.3 is 11.6 Å². The van der Waals surface area contributed by atoms with E-state index in [0.29, 0.717) is 17.8 Å². The van der Waals surface area contributed by atoms with Crippen LogP contribution in [0.4, 0.5) is 0 Å². The van der Waals surface area contributed by atoms with Crippen LogP contribution in [0.15, 0.2) is 63.1 Å².